The van der Waals surface area contributed by atoms with E-state index < -0.39 is 17.9 Å². The summed E-state index contributed by atoms with van der Waals surface area (Å²) in [5.41, 5.74) is 1.30. The lowest BCUT2D eigenvalue weighted by Crippen LogP contribution is -2.27. The lowest BCUT2D eigenvalue weighted by atomic mass is 10.1. The molecule has 1 aromatic rings. The first kappa shape index (κ1) is 18.3. The summed E-state index contributed by atoms with van der Waals surface area (Å²) in [4.78, 5) is 12.2. The second-order valence-corrected chi connectivity index (χ2v) is 7.17. The van der Waals surface area contributed by atoms with E-state index in [-0.39, 0.29) is 18.6 Å². The van der Waals surface area contributed by atoms with Crippen LogP contribution in [0.1, 0.15) is 58.2 Å². The Kier molecular flexibility index (Phi) is 4.86. The Balaban J connectivity index is 1.69. The largest absolute Gasteiger partial charge is 0.366 e. The highest BCUT2D eigenvalue weighted by Gasteiger charge is 2.43. The van der Waals surface area contributed by atoms with Crippen LogP contribution in [0.5, 0.6) is 0 Å². The Morgan fingerprint density at radius 3 is 2.80 bits per heavy atom. The Labute approximate surface area is 145 Å². The number of aliphatic hydroxyl groups excluding tert-OH is 1. The van der Waals surface area contributed by atoms with E-state index in [4.69, 9.17) is 19.0 Å². The van der Waals surface area contributed by atoms with E-state index in [1.54, 1.807) is 20.0 Å². The number of aromatic amines is 1. The number of imidazole rings is 1. The maximum absolute atomic E-state index is 9.67. The number of aromatic nitrogens is 2. The van der Waals surface area contributed by atoms with E-state index in [1.165, 1.54) is 0 Å². The predicted molar refractivity (Wildman–Crippen MR) is 86.5 cm³/mol. The Hall–Kier alpha value is -1.52. The second-order valence-electron chi connectivity index (χ2n) is 7.17. The normalized spacial score (nSPS) is 28.9. The Morgan fingerprint density at radius 2 is 2.16 bits per heavy atom. The fourth-order valence-corrected chi connectivity index (χ4v) is 2.87. The topological polar surface area (TPSA) is 118 Å². The maximum atomic E-state index is 9.67. The van der Waals surface area contributed by atoms with Gasteiger partial charge in [-0.2, -0.15) is 0 Å². The zero-order valence-electron chi connectivity index (χ0n) is 14.9. The Bertz CT molecular complexity index is 636. The SMILES string of the molecule is CC(C)(O)OCCC1OC(C)(C)OC1c1cnc(C2=NOC(O)C2)[nH]1. The van der Waals surface area contributed by atoms with Gasteiger partial charge in [0.25, 0.3) is 0 Å². The van der Waals surface area contributed by atoms with Crippen LogP contribution in [0, 0.1) is 0 Å². The number of rotatable bonds is 6. The smallest absolute Gasteiger partial charge is 0.230 e. The van der Waals surface area contributed by atoms with E-state index in [9.17, 15) is 10.2 Å². The summed E-state index contributed by atoms with van der Waals surface area (Å²) in [6.07, 6.45) is 0.966. The summed E-state index contributed by atoms with van der Waals surface area (Å²) in [6, 6.07) is 0. The number of ether oxygens (including phenoxy) is 3. The number of hydrogen-bond acceptors (Lipinski definition) is 8. The lowest BCUT2D eigenvalue weighted by molar-refractivity contribution is -0.183. The maximum Gasteiger partial charge on any atom is 0.230 e. The first-order chi connectivity index (χ1) is 11.6. The average molecular weight is 355 g/mol. The Morgan fingerprint density at radius 1 is 1.40 bits per heavy atom. The molecule has 3 N–H and O–H groups in total. The van der Waals surface area contributed by atoms with Crippen LogP contribution in [-0.4, -0.2) is 56.5 Å². The standard InChI is InChI=1S/C16H25N3O6/c1-15(2,21)22-6-5-11-13(24-16(3,4)23-11)10-8-17-14(18-10)9-7-12(20)25-19-9/h8,11-13,20-21H,5-7H2,1-4H3,(H,17,18). The minimum Gasteiger partial charge on any atom is -0.366 e. The quantitative estimate of drug-likeness (QED) is 0.656. The molecule has 3 atom stereocenters. The molecule has 0 aliphatic carbocycles. The minimum atomic E-state index is -1.19. The molecule has 9 heteroatoms. The van der Waals surface area contributed by atoms with Crippen molar-refractivity contribution in [1.82, 2.24) is 9.97 Å². The summed E-state index contributed by atoms with van der Waals surface area (Å²) >= 11 is 0. The van der Waals surface area contributed by atoms with Crippen LogP contribution in [0.25, 0.3) is 0 Å². The van der Waals surface area contributed by atoms with Crippen molar-refractivity contribution < 1.29 is 29.3 Å². The zero-order chi connectivity index (χ0) is 18.2. The highest BCUT2D eigenvalue weighted by atomic mass is 16.8. The van der Waals surface area contributed by atoms with Crippen molar-refractivity contribution in [3.8, 4) is 0 Å². The van der Waals surface area contributed by atoms with Gasteiger partial charge in [0.1, 0.15) is 11.8 Å². The molecule has 1 fully saturated rings. The molecule has 0 spiro atoms. The van der Waals surface area contributed by atoms with Crippen molar-refractivity contribution in [2.45, 2.75) is 70.6 Å². The van der Waals surface area contributed by atoms with Crippen LogP contribution in [0.4, 0.5) is 0 Å². The van der Waals surface area contributed by atoms with Gasteiger partial charge in [-0.3, -0.25) is 0 Å². The molecule has 0 radical (unpaired) electrons. The van der Waals surface area contributed by atoms with Crippen LogP contribution in [0.2, 0.25) is 0 Å². The van der Waals surface area contributed by atoms with Crippen LogP contribution in [0.3, 0.4) is 0 Å². The van der Waals surface area contributed by atoms with Crippen molar-refractivity contribution >= 4 is 5.71 Å². The van der Waals surface area contributed by atoms with Gasteiger partial charge >= 0.3 is 0 Å². The zero-order valence-corrected chi connectivity index (χ0v) is 14.9. The predicted octanol–water partition coefficient (Wildman–Crippen LogP) is 1.18. The molecular formula is C16H25N3O6. The van der Waals surface area contributed by atoms with Gasteiger partial charge in [-0.05, 0) is 27.7 Å². The summed E-state index contributed by atoms with van der Waals surface area (Å²) < 4.78 is 17.3. The summed E-state index contributed by atoms with van der Waals surface area (Å²) in [5, 5.41) is 22.9. The molecule has 0 amide bonds. The number of hydrogen-bond donors (Lipinski definition) is 3. The van der Waals surface area contributed by atoms with Crippen molar-refractivity contribution in [3.05, 3.63) is 17.7 Å². The molecule has 0 bridgehead atoms. The second kappa shape index (κ2) is 6.65. The van der Waals surface area contributed by atoms with Gasteiger partial charge in [0, 0.05) is 6.42 Å². The third-order valence-corrected chi connectivity index (χ3v) is 3.87. The van der Waals surface area contributed by atoms with E-state index in [0.29, 0.717) is 24.6 Å². The lowest BCUT2D eigenvalue weighted by Gasteiger charge is -2.21. The highest BCUT2D eigenvalue weighted by Crippen LogP contribution is 2.39. The number of oxime groups is 1. The fourth-order valence-electron chi connectivity index (χ4n) is 2.87. The van der Waals surface area contributed by atoms with Gasteiger partial charge in [0.05, 0.1) is 31.0 Å². The molecule has 3 unspecified atom stereocenters. The van der Waals surface area contributed by atoms with E-state index in [2.05, 4.69) is 15.1 Å². The van der Waals surface area contributed by atoms with Crippen molar-refractivity contribution in [2.75, 3.05) is 6.61 Å². The molecule has 0 saturated carbocycles. The third-order valence-electron chi connectivity index (χ3n) is 3.87. The number of aliphatic hydroxyl groups is 2. The molecule has 25 heavy (non-hydrogen) atoms. The molecular weight excluding hydrogens is 330 g/mol. The van der Waals surface area contributed by atoms with Gasteiger partial charge in [0.15, 0.2) is 17.4 Å². The summed E-state index contributed by atoms with van der Waals surface area (Å²) in [6.45, 7) is 7.19. The van der Waals surface area contributed by atoms with Crippen molar-refractivity contribution in [3.63, 3.8) is 0 Å². The minimum absolute atomic E-state index is 0.252. The molecule has 2 aliphatic heterocycles. The van der Waals surface area contributed by atoms with Gasteiger partial charge in [-0.15, -0.1) is 0 Å². The van der Waals surface area contributed by atoms with Crippen LogP contribution >= 0.6 is 0 Å². The van der Waals surface area contributed by atoms with Gasteiger partial charge < -0.3 is 34.2 Å². The van der Waals surface area contributed by atoms with E-state index >= 15 is 0 Å². The molecule has 3 heterocycles. The molecule has 9 nitrogen and oxygen atoms in total. The molecule has 140 valence electrons. The molecule has 0 aromatic carbocycles. The van der Waals surface area contributed by atoms with Crippen LogP contribution in [0.15, 0.2) is 11.4 Å². The van der Waals surface area contributed by atoms with Crippen molar-refractivity contribution in [2.24, 2.45) is 5.16 Å². The third kappa shape index (κ3) is 4.56. The highest BCUT2D eigenvalue weighted by molar-refractivity contribution is 5.97. The van der Waals surface area contributed by atoms with Crippen molar-refractivity contribution in [1.29, 1.82) is 0 Å². The number of H-pyrrole nitrogens is 1. The summed E-state index contributed by atoms with van der Waals surface area (Å²) in [7, 11) is 0. The first-order valence-electron chi connectivity index (χ1n) is 8.31. The van der Waals surface area contributed by atoms with Gasteiger partial charge in [0.2, 0.25) is 6.29 Å². The molecule has 1 aromatic heterocycles. The average Bonchev–Trinajstić information content (AvgIpc) is 3.16. The van der Waals surface area contributed by atoms with E-state index in [1.807, 2.05) is 13.8 Å². The molecule has 2 aliphatic rings. The number of nitrogens with one attached hydrogen (secondary N) is 1. The van der Waals surface area contributed by atoms with Gasteiger partial charge in [-0.25, -0.2) is 4.98 Å². The first-order valence-corrected chi connectivity index (χ1v) is 8.31. The van der Waals surface area contributed by atoms with Gasteiger partial charge in [-0.1, -0.05) is 5.16 Å². The molecule has 1 saturated heterocycles. The van der Waals surface area contributed by atoms with E-state index in [0.717, 1.165) is 5.69 Å². The van der Waals surface area contributed by atoms with Crippen LogP contribution < -0.4 is 0 Å². The fraction of sp³-hybridized carbons (Fsp3) is 0.750. The monoisotopic (exact) mass is 355 g/mol. The molecule has 3 rings (SSSR count). The number of nitrogens with zero attached hydrogens (tertiary/aromatic N) is 2. The summed E-state index contributed by atoms with van der Waals surface area (Å²) in [5.74, 6) is -1.39. The van der Waals surface area contributed by atoms with Crippen LogP contribution in [-0.2, 0) is 19.0 Å².